The molecule has 0 aromatic carbocycles. The zero-order valence-electron chi connectivity index (χ0n) is 13.9. The first-order valence-corrected chi connectivity index (χ1v) is 9.45. The van der Waals surface area contributed by atoms with Crippen LogP contribution >= 0.6 is 23.1 Å². The number of nitrogens with one attached hydrogen (secondary N) is 1. The number of oxime groups is 1. The number of nitrogens with two attached hydrogens (primary N) is 1. The van der Waals surface area contributed by atoms with Crippen molar-refractivity contribution in [3.8, 4) is 0 Å². The van der Waals surface area contributed by atoms with Crippen molar-refractivity contribution in [3.05, 3.63) is 22.3 Å². The molecule has 0 radical (unpaired) electrons. The number of carboxylic acids is 1. The molecule has 144 valence electrons. The van der Waals surface area contributed by atoms with Gasteiger partial charge in [0, 0.05) is 18.2 Å². The summed E-state index contributed by atoms with van der Waals surface area (Å²) in [4.78, 5) is 41.4. The van der Waals surface area contributed by atoms with Gasteiger partial charge in [-0.05, 0) is 5.57 Å². The SMILES string of the molecule is COCC1=C(C(=O)O)N2C(=O)C(NC(=O)/C(=N\O)c3csc(N)n3)C2SC1. The van der Waals surface area contributed by atoms with E-state index in [4.69, 9.17) is 15.7 Å². The summed E-state index contributed by atoms with van der Waals surface area (Å²) in [6.45, 7) is 0.0920. The average molecular weight is 413 g/mol. The molecule has 1 saturated heterocycles. The van der Waals surface area contributed by atoms with Gasteiger partial charge in [0.2, 0.25) is 0 Å². The summed E-state index contributed by atoms with van der Waals surface area (Å²) >= 11 is 2.37. The van der Waals surface area contributed by atoms with Crippen LogP contribution in [0, 0.1) is 0 Å². The third-order valence-electron chi connectivity index (χ3n) is 3.93. The number of methoxy groups -OCH3 is 1. The first kappa shape index (κ1) is 19.1. The van der Waals surface area contributed by atoms with Crippen molar-refractivity contribution < 1.29 is 29.4 Å². The van der Waals surface area contributed by atoms with Crippen LogP contribution in [0.1, 0.15) is 5.69 Å². The van der Waals surface area contributed by atoms with Gasteiger partial charge in [0.05, 0.1) is 6.61 Å². The lowest BCUT2D eigenvalue weighted by Gasteiger charge is -2.49. The van der Waals surface area contributed by atoms with Crippen molar-refractivity contribution in [2.45, 2.75) is 11.4 Å². The lowest BCUT2D eigenvalue weighted by molar-refractivity contribution is -0.150. The molecule has 1 aromatic rings. The minimum atomic E-state index is -1.24. The Morgan fingerprint density at radius 1 is 1.56 bits per heavy atom. The molecule has 0 aliphatic carbocycles. The molecule has 0 spiro atoms. The van der Waals surface area contributed by atoms with Gasteiger partial charge in [-0.3, -0.25) is 14.5 Å². The van der Waals surface area contributed by atoms with E-state index in [-0.39, 0.29) is 28.8 Å². The second kappa shape index (κ2) is 7.54. The largest absolute Gasteiger partial charge is 0.477 e. The van der Waals surface area contributed by atoms with Gasteiger partial charge in [-0.1, -0.05) is 5.16 Å². The normalized spacial score (nSPS) is 22.3. The van der Waals surface area contributed by atoms with Crippen molar-refractivity contribution in [2.75, 3.05) is 25.2 Å². The number of thiazole rings is 1. The maximum absolute atomic E-state index is 12.5. The van der Waals surface area contributed by atoms with E-state index < -0.39 is 29.2 Å². The van der Waals surface area contributed by atoms with Crippen LogP contribution in [0.3, 0.4) is 0 Å². The Bertz CT molecular complexity index is 866. The van der Waals surface area contributed by atoms with E-state index in [1.165, 1.54) is 24.3 Å². The van der Waals surface area contributed by atoms with E-state index >= 15 is 0 Å². The number of β-lactam (4-membered cyclic amide) rings is 1. The zero-order valence-corrected chi connectivity index (χ0v) is 15.5. The van der Waals surface area contributed by atoms with Gasteiger partial charge in [-0.25, -0.2) is 9.78 Å². The lowest BCUT2D eigenvalue weighted by Crippen LogP contribution is -2.71. The van der Waals surface area contributed by atoms with Gasteiger partial charge in [0.25, 0.3) is 11.8 Å². The van der Waals surface area contributed by atoms with E-state index in [9.17, 15) is 19.5 Å². The van der Waals surface area contributed by atoms with E-state index in [1.807, 2.05) is 0 Å². The van der Waals surface area contributed by atoms with Crippen molar-refractivity contribution in [1.82, 2.24) is 15.2 Å². The Balaban J connectivity index is 1.77. The number of ether oxygens (including phenoxy) is 1. The third-order valence-corrected chi connectivity index (χ3v) is 5.95. The first-order chi connectivity index (χ1) is 12.9. The smallest absolute Gasteiger partial charge is 0.352 e. The molecule has 0 saturated carbocycles. The molecule has 0 bridgehead atoms. The second-order valence-electron chi connectivity index (χ2n) is 5.57. The molecular formula is C14H15N5O6S2. The van der Waals surface area contributed by atoms with Gasteiger partial charge in [-0.2, -0.15) is 0 Å². The molecule has 3 rings (SSSR count). The molecular weight excluding hydrogens is 398 g/mol. The number of nitrogens with zero attached hydrogens (tertiary/aromatic N) is 3. The number of thioether (sulfide) groups is 1. The predicted octanol–water partition coefficient (Wildman–Crippen LogP) is -0.711. The summed E-state index contributed by atoms with van der Waals surface area (Å²) in [6.07, 6.45) is 0. The van der Waals surface area contributed by atoms with E-state index in [2.05, 4.69) is 15.5 Å². The predicted molar refractivity (Wildman–Crippen MR) is 96.4 cm³/mol. The molecule has 2 aliphatic rings. The Labute approximate surface area is 160 Å². The van der Waals surface area contributed by atoms with Gasteiger partial charge in [-0.15, -0.1) is 23.1 Å². The summed E-state index contributed by atoms with van der Waals surface area (Å²) in [5.74, 6) is -2.27. The number of hydrogen-bond acceptors (Lipinski definition) is 10. The van der Waals surface area contributed by atoms with Crippen LogP contribution in [0.4, 0.5) is 5.13 Å². The fourth-order valence-corrected chi connectivity index (χ4v) is 4.66. The number of carbonyl (C=O) groups excluding carboxylic acids is 2. The van der Waals surface area contributed by atoms with Gasteiger partial charge in [0.1, 0.15) is 22.8 Å². The quantitative estimate of drug-likeness (QED) is 0.204. The molecule has 13 heteroatoms. The molecule has 3 heterocycles. The number of nitrogen functional groups attached to an aromatic ring is 1. The Morgan fingerprint density at radius 2 is 2.30 bits per heavy atom. The average Bonchev–Trinajstić information content (AvgIpc) is 3.05. The highest BCUT2D eigenvalue weighted by molar-refractivity contribution is 8.00. The van der Waals surface area contributed by atoms with Crippen molar-refractivity contribution in [1.29, 1.82) is 0 Å². The summed E-state index contributed by atoms with van der Waals surface area (Å²) in [7, 11) is 1.44. The molecule has 27 heavy (non-hydrogen) atoms. The Kier molecular flexibility index (Phi) is 5.34. The minimum Gasteiger partial charge on any atom is -0.477 e. The van der Waals surface area contributed by atoms with Crippen LogP contribution < -0.4 is 11.1 Å². The highest BCUT2D eigenvalue weighted by Gasteiger charge is 2.54. The summed E-state index contributed by atoms with van der Waals surface area (Å²) in [6, 6.07) is -0.950. The Morgan fingerprint density at radius 3 is 2.85 bits per heavy atom. The zero-order chi connectivity index (χ0) is 19.7. The molecule has 5 N–H and O–H groups in total. The van der Waals surface area contributed by atoms with Crippen LogP contribution in [-0.2, 0) is 19.1 Å². The van der Waals surface area contributed by atoms with Crippen LogP contribution in [0.5, 0.6) is 0 Å². The highest BCUT2D eigenvalue weighted by atomic mass is 32.2. The monoisotopic (exact) mass is 413 g/mol. The van der Waals surface area contributed by atoms with E-state index in [0.717, 1.165) is 16.2 Å². The van der Waals surface area contributed by atoms with Crippen LogP contribution in [-0.4, -0.2) is 74.6 Å². The van der Waals surface area contributed by atoms with Crippen molar-refractivity contribution in [2.24, 2.45) is 5.16 Å². The van der Waals surface area contributed by atoms with Gasteiger partial charge >= 0.3 is 5.97 Å². The van der Waals surface area contributed by atoms with Gasteiger partial charge in [0.15, 0.2) is 10.8 Å². The maximum Gasteiger partial charge on any atom is 0.352 e. The van der Waals surface area contributed by atoms with E-state index in [1.54, 1.807) is 0 Å². The number of fused-ring (bicyclic) bond motifs is 1. The second-order valence-corrected chi connectivity index (χ2v) is 7.57. The number of amides is 2. The number of aliphatic carboxylic acids is 1. The molecule has 11 nitrogen and oxygen atoms in total. The minimum absolute atomic E-state index is 0.0749. The number of aromatic nitrogens is 1. The van der Waals surface area contributed by atoms with Crippen LogP contribution in [0.25, 0.3) is 0 Å². The summed E-state index contributed by atoms with van der Waals surface area (Å²) in [5, 5.41) is 25.0. The topological polar surface area (TPSA) is 167 Å². The third kappa shape index (κ3) is 3.36. The fraction of sp³-hybridized carbons (Fsp3) is 0.357. The van der Waals surface area contributed by atoms with Gasteiger partial charge < -0.3 is 26.1 Å². The highest BCUT2D eigenvalue weighted by Crippen LogP contribution is 2.40. The van der Waals surface area contributed by atoms with E-state index in [0.29, 0.717) is 11.3 Å². The molecule has 1 aromatic heterocycles. The Hall–Kier alpha value is -2.64. The lowest BCUT2D eigenvalue weighted by atomic mass is 10.0. The number of hydrogen-bond donors (Lipinski definition) is 4. The van der Waals surface area contributed by atoms with Crippen LogP contribution in [0.15, 0.2) is 21.8 Å². The standard InChI is InChI=1S/C14H15N5O6S2/c1-25-2-5-3-26-12-8(11(21)19(12)9(5)13(22)23)17-10(20)7(18-24)6-4-27-14(15)16-6/h4,8,12,24H,2-3H2,1H3,(H2,15,16)(H,17,20)(H,22,23)/b18-7-. The van der Waals surface area contributed by atoms with Crippen LogP contribution in [0.2, 0.25) is 0 Å². The number of carboxylic acid groups (broad SMARTS) is 1. The summed E-state index contributed by atoms with van der Waals surface area (Å²) < 4.78 is 4.99. The molecule has 2 aliphatic heterocycles. The number of carbonyl (C=O) groups is 3. The number of rotatable bonds is 6. The molecule has 2 amide bonds. The molecule has 2 unspecified atom stereocenters. The molecule has 1 fully saturated rings. The first-order valence-electron chi connectivity index (χ1n) is 7.52. The maximum atomic E-state index is 12.5. The van der Waals surface area contributed by atoms with Crippen molar-refractivity contribution >= 4 is 51.7 Å². The fourth-order valence-electron chi connectivity index (χ4n) is 2.79. The summed E-state index contributed by atoms with van der Waals surface area (Å²) in [5.41, 5.74) is 5.55. The molecule has 2 atom stereocenters. The van der Waals surface area contributed by atoms with Crippen molar-refractivity contribution in [3.63, 3.8) is 0 Å². The number of anilines is 1.